The van der Waals surface area contributed by atoms with Crippen molar-refractivity contribution in [2.24, 2.45) is 0 Å². The Labute approximate surface area is 113 Å². The van der Waals surface area contributed by atoms with E-state index >= 15 is 0 Å². The molecule has 104 valence electrons. The molecule has 2 N–H and O–H groups in total. The molecule has 0 saturated carbocycles. The zero-order valence-electron chi connectivity index (χ0n) is 10.5. The lowest BCUT2D eigenvalue weighted by atomic mass is 10.4. The summed E-state index contributed by atoms with van der Waals surface area (Å²) in [6.07, 6.45) is 4.12. The number of nitrogens with one attached hydrogen (secondary N) is 2. The predicted molar refractivity (Wildman–Crippen MR) is 68.9 cm³/mol. The fourth-order valence-electron chi connectivity index (χ4n) is 1.97. The second-order valence-corrected chi connectivity index (χ2v) is 4.32. The smallest absolute Gasteiger partial charge is 0.321 e. The summed E-state index contributed by atoms with van der Waals surface area (Å²) >= 11 is 0. The Kier molecular flexibility index (Phi) is 3.15. The number of carbonyl (C=O) groups excluding carboxylic acids is 1. The number of anilines is 1. The molecule has 2 aromatic rings. The maximum atomic E-state index is 11.7. The second-order valence-electron chi connectivity index (χ2n) is 4.32. The van der Waals surface area contributed by atoms with Crippen molar-refractivity contribution in [1.29, 1.82) is 0 Å². The van der Waals surface area contributed by atoms with Crippen LogP contribution in [0.4, 0.5) is 10.7 Å². The maximum absolute atomic E-state index is 11.7. The van der Waals surface area contributed by atoms with Crippen LogP contribution < -0.4 is 11.0 Å². The monoisotopic (exact) mass is 276 g/mol. The highest BCUT2D eigenvalue weighted by Gasteiger charge is 2.19. The Bertz CT molecular complexity index is 694. The maximum Gasteiger partial charge on any atom is 0.434 e. The fraction of sp³-hybridized carbons (Fsp3) is 0.364. The van der Waals surface area contributed by atoms with Crippen LogP contribution in [-0.4, -0.2) is 44.0 Å². The number of aromatic amines is 1. The molecule has 1 amide bonds. The van der Waals surface area contributed by atoms with Gasteiger partial charge in [-0.05, 0) is 12.8 Å². The second kappa shape index (κ2) is 5.11. The summed E-state index contributed by atoms with van der Waals surface area (Å²) in [7, 11) is 0. The molecule has 1 fully saturated rings. The lowest BCUT2D eigenvalue weighted by Crippen LogP contribution is -2.30. The SMILES string of the molecule is O=C(ONc1ncc2nc[nH]c(=O)c2n1)N1CCCC1. The lowest BCUT2D eigenvalue weighted by molar-refractivity contribution is 0.131. The molecule has 0 aromatic carbocycles. The van der Waals surface area contributed by atoms with Crippen LogP contribution in [0.1, 0.15) is 12.8 Å². The summed E-state index contributed by atoms with van der Waals surface area (Å²) in [5, 5.41) is 0. The summed E-state index contributed by atoms with van der Waals surface area (Å²) in [5.41, 5.74) is 2.46. The number of likely N-dealkylation sites (tertiary alicyclic amines) is 1. The van der Waals surface area contributed by atoms with E-state index in [1.165, 1.54) is 12.5 Å². The topological polar surface area (TPSA) is 113 Å². The zero-order valence-corrected chi connectivity index (χ0v) is 10.5. The minimum atomic E-state index is -0.480. The number of aromatic nitrogens is 4. The van der Waals surface area contributed by atoms with E-state index in [0.717, 1.165) is 12.8 Å². The number of rotatable bonds is 2. The Balaban J connectivity index is 1.73. The third-order valence-electron chi connectivity index (χ3n) is 2.98. The molecule has 2 aromatic heterocycles. The fourth-order valence-corrected chi connectivity index (χ4v) is 1.97. The molecule has 3 rings (SSSR count). The van der Waals surface area contributed by atoms with Gasteiger partial charge in [-0.3, -0.25) is 4.79 Å². The van der Waals surface area contributed by atoms with Gasteiger partial charge in [-0.15, -0.1) is 0 Å². The number of fused-ring (bicyclic) bond motifs is 1. The van der Waals surface area contributed by atoms with E-state index in [9.17, 15) is 9.59 Å². The van der Waals surface area contributed by atoms with E-state index in [1.807, 2.05) is 0 Å². The van der Waals surface area contributed by atoms with Crippen LogP contribution in [0.2, 0.25) is 0 Å². The highest BCUT2D eigenvalue weighted by molar-refractivity contribution is 5.73. The molecular weight excluding hydrogens is 264 g/mol. The Hall–Kier alpha value is -2.71. The Morgan fingerprint density at radius 1 is 1.35 bits per heavy atom. The first kappa shape index (κ1) is 12.3. The molecule has 3 heterocycles. The molecule has 1 aliphatic rings. The molecule has 1 aliphatic heterocycles. The quantitative estimate of drug-likeness (QED) is 0.757. The summed E-state index contributed by atoms with van der Waals surface area (Å²) < 4.78 is 0. The van der Waals surface area contributed by atoms with Crippen LogP contribution in [0.5, 0.6) is 0 Å². The van der Waals surface area contributed by atoms with Gasteiger partial charge < -0.3 is 14.7 Å². The van der Waals surface area contributed by atoms with Crippen LogP contribution in [0, 0.1) is 0 Å². The predicted octanol–water partition coefficient (Wildman–Crippen LogP) is 0.272. The zero-order chi connectivity index (χ0) is 13.9. The number of nitrogens with zero attached hydrogens (tertiary/aromatic N) is 4. The van der Waals surface area contributed by atoms with Crippen molar-refractivity contribution in [2.45, 2.75) is 12.8 Å². The van der Waals surface area contributed by atoms with Crippen molar-refractivity contribution >= 4 is 23.1 Å². The van der Waals surface area contributed by atoms with Crippen LogP contribution in [-0.2, 0) is 4.84 Å². The molecule has 1 saturated heterocycles. The molecule has 0 atom stereocenters. The van der Waals surface area contributed by atoms with Crippen LogP contribution in [0.3, 0.4) is 0 Å². The normalized spacial score (nSPS) is 14.5. The van der Waals surface area contributed by atoms with E-state index in [4.69, 9.17) is 4.84 Å². The van der Waals surface area contributed by atoms with Gasteiger partial charge in [0, 0.05) is 13.1 Å². The van der Waals surface area contributed by atoms with Gasteiger partial charge >= 0.3 is 6.09 Å². The van der Waals surface area contributed by atoms with Crippen molar-refractivity contribution in [2.75, 3.05) is 18.6 Å². The first-order valence-electron chi connectivity index (χ1n) is 6.16. The van der Waals surface area contributed by atoms with Gasteiger partial charge in [-0.25, -0.2) is 19.7 Å². The van der Waals surface area contributed by atoms with Gasteiger partial charge in [-0.1, -0.05) is 0 Å². The number of hydrogen-bond donors (Lipinski definition) is 2. The standard InChI is InChI=1S/C11H12N6O3/c18-9-8-7(13-6-14-9)5-12-10(15-8)16-20-11(19)17-3-1-2-4-17/h5-6H,1-4H2,(H,12,15,16)(H,13,14,18). The van der Waals surface area contributed by atoms with E-state index in [1.54, 1.807) is 4.90 Å². The molecule has 9 heteroatoms. The summed E-state index contributed by atoms with van der Waals surface area (Å²) in [4.78, 5) is 43.9. The van der Waals surface area contributed by atoms with Gasteiger partial charge in [-0.2, -0.15) is 5.48 Å². The van der Waals surface area contributed by atoms with Crippen molar-refractivity contribution < 1.29 is 9.63 Å². The Morgan fingerprint density at radius 2 is 2.15 bits per heavy atom. The molecule has 0 unspecified atom stereocenters. The molecule has 20 heavy (non-hydrogen) atoms. The van der Waals surface area contributed by atoms with E-state index in [0.29, 0.717) is 18.6 Å². The van der Waals surface area contributed by atoms with Crippen LogP contribution in [0.15, 0.2) is 17.3 Å². The largest absolute Gasteiger partial charge is 0.434 e. The van der Waals surface area contributed by atoms with E-state index in [-0.39, 0.29) is 17.0 Å². The minimum absolute atomic E-state index is 0.0311. The van der Waals surface area contributed by atoms with Crippen LogP contribution >= 0.6 is 0 Å². The van der Waals surface area contributed by atoms with E-state index < -0.39 is 6.09 Å². The first-order valence-corrected chi connectivity index (χ1v) is 6.16. The minimum Gasteiger partial charge on any atom is -0.321 e. The van der Waals surface area contributed by atoms with Gasteiger partial charge in [0.1, 0.15) is 5.52 Å². The summed E-state index contributed by atoms with van der Waals surface area (Å²) in [6.45, 7) is 1.37. The first-order chi connectivity index (χ1) is 9.74. The highest BCUT2D eigenvalue weighted by atomic mass is 16.7. The van der Waals surface area contributed by atoms with Crippen molar-refractivity contribution in [1.82, 2.24) is 24.8 Å². The molecule has 9 nitrogen and oxygen atoms in total. The molecular formula is C11H12N6O3. The third kappa shape index (κ3) is 2.37. The van der Waals surface area contributed by atoms with Crippen LogP contribution in [0.25, 0.3) is 11.0 Å². The average molecular weight is 276 g/mol. The highest BCUT2D eigenvalue weighted by Crippen LogP contribution is 2.10. The van der Waals surface area contributed by atoms with Gasteiger partial charge in [0.05, 0.1) is 12.5 Å². The van der Waals surface area contributed by atoms with Gasteiger partial charge in [0.2, 0.25) is 0 Å². The number of amides is 1. The van der Waals surface area contributed by atoms with Crippen molar-refractivity contribution in [3.05, 3.63) is 22.9 Å². The van der Waals surface area contributed by atoms with Crippen molar-refractivity contribution in [3.63, 3.8) is 0 Å². The molecule has 0 aliphatic carbocycles. The summed E-state index contributed by atoms with van der Waals surface area (Å²) in [5.74, 6) is 0.0311. The molecule has 0 spiro atoms. The summed E-state index contributed by atoms with van der Waals surface area (Å²) in [6, 6.07) is 0. The van der Waals surface area contributed by atoms with Gasteiger partial charge in [0.15, 0.2) is 5.52 Å². The molecule has 0 bridgehead atoms. The number of H-pyrrole nitrogens is 1. The van der Waals surface area contributed by atoms with E-state index in [2.05, 4.69) is 25.4 Å². The third-order valence-corrected chi connectivity index (χ3v) is 2.98. The molecule has 0 radical (unpaired) electrons. The average Bonchev–Trinajstić information content (AvgIpc) is 3.00. The lowest BCUT2D eigenvalue weighted by Gasteiger charge is -2.14. The number of carbonyl (C=O) groups is 1. The van der Waals surface area contributed by atoms with Gasteiger partial charge in [0.25, 0.3) is 11.5 Å². The van der Waals surface area contributed by atoms with Crippen molar-refractivity contribution in [3.8, 4) is 0 Å². The Morgan fingerprint density at radius 3 is 2.95 bits per heavy atom. The number of hydrogen-bond acceptors (Lipinski definition) is 7.